The molecule has 0 N–H and O–H groups in total. The van der Waals surface area contributed by atoms with Gasteiger partial charge < -0.3 is 0 Å². The second-order valence-corrected chi connectivity index (χ2v) is 4.77. The molecule has 2 aliphatic rings. The van der Waals surface area contributed by atoms with Crippen LogP contribution in [-0.2, 0) is 6.42 Å². The summed E-state index contributed by atoms with van der Waals surface area (Å²) in [4.78, 5) is 0. The summed E-state index contributed by atoms with van der Waals surface area (Å²) >= 11 is 3.72. The number of fused-ring (bicyclic) bond motifs is 2. The Morgan fingerprint density at radius 1 is 1.13 bits per heavy atom. The van der Waals surface area contributed by atoms with Crippen molar-refractivity contribution in [1.82, 2.24) is 0 Å². The molecule has 0 aromatic heterocycles. The predicted octanol–water partition coefficient (Wildman–Crippen LogP) is 4.09. The molecule has 15 heavy (non-hydrogen) atoms. The molecular formula is C14H11Br. The summed E-state index contributed by atoms with van der Waals surface area (Å²) < 4.78 is 1.26. The number of hydrogen-bond donors (Lipinski definition) is 0. The van der Waals surface area contributed by atoms with E-state index in [0.717, 1.165) is 6.42 Å². The summed E-state index contributed by atoms with van der Waals surface area (Å²) in [5.74, 6) is 0.555. The lowest BCUT2D eigenvalue weighted by Crippen LogP contribution is -2.13. The quantitative estimate of drug-likeness (QED) is 0.658. The van der Waals surface area contributed by atoms with Gasteiger partial charge in [-0.15, -0.1) is 0 Å². The highest BCUT2D eigenvalue weighted by molar-refractivity contribution is 9.15. The monoisotopic (exact) mass is 258 g/mol. The van der Waals surface area contributed by atoms with Gasteiger partial charge in [-0.3, -0.25) is 0 Å². The van der Waals surface area contributed by atoms with Crippen LogP contribution >= 0.6 is 15.9 Å². The number of hydrogen-bond acceptors (Lipinski definition) is 0. The molecule has 0 saturated carbocycles. The highest BCUT2D eigenvalue weighted by Gasteiger charge is 2.23. The van der Waals surface area contributed by atoms with Crippen LogP contribution in [0.2, 0.25) is 0 Å². The van der Waals surface area contributed by atoms with Crippen LogP contribution in [0.1, 0.15) is 11.1 Å². The first-order valence-corrected chi connectivity index (χ1v) is 5.98. The Morgan fingerprint density at radius 2 is 2.00 bits per heavy atom. The standard InChI is InChI=1S/C14H11Br/c15-14-12-7-3-1-5-10(12)9-11-6-2-4-8-13(11)14/h1-8,10H,9H2. The van der Waals surface area contributed by atoms with E-state index in [0.29, 0.717) is 5.92 Å². The lowest BCUT2D eigenvalue weighted by molar-refractivity contribution is 0.758. The van der Waals surface area contributed by atoms with Gasteiger partial charge in [0, 0.05) is 10.4 Å². The van der Waals surface area contributed by atoms with Crippen LogP contribution in [0.4, 0.5) is 0 Å². The Bertz CT molecular complexity index is 492. The molecule has 0 bridgehead atoms. The Kier molecular flexibility index (Phi) is 2.14. The molecule has 2 aliphatic carbocycles. The third-order valence-corrected chi connectivity index (χ3v) is 3.96. The van der Waals surface area contributed by atoms with Crippen LogP contribution in [0.25, 0.3) is 4.48 Å². The molecular weight excluding hydrogens is 248 g/mol. The lowest BCUT2D eigenvalue weighted by atomic mass is 9.81. The molecule has 3 rings (SSSR count). The number of rotatable bonds is 0. The second-order valence-electron chi connectivity index (χ2n) is 3.98. The van der Waals surface area contributed by atoms with Gasteiger partial charge in [0.05, 0.1) is 0 Å². The average Bonchev–Trinajstić information content (AvgIpc) is 2.30. The van der Waals surface area contributed by atoms with E-state index in [1.54, 1.807) is 0 Å². The van der Waals surface area contributed by atoms with Crippen molar-refractivity contribution in [3.05, 3.63) is 65.3 Å². The first kappa shape index (κ1) is 9.17. The maximum atomic E-state index is 3.72. The van der Waals surface area contributed by atoms with Crippen LogP contribution in [0.3, 0.4) is 0 Å². The van der Waals surface area contributed by atoms with E-state index in [2.05, 4.69) is 64.5 Å². The smallest absolute Gasteiger partial charge is 0.0288 e. The predicted molar refractivity (Wildman–Crippen MR) is 67.8 cm³/mol. The fourth-order valence-corrected chi connectivity index (χ4v) is 3.12. The van der Waals surface area contributed by atoms with Crippen molar-refractivity contribution < 1.29 is 0 Å². The van der Waals surface area contributed by atoms with Gasteiger partial charge in [0.15, 0.2) is 0 Å². The zero-order valence-electron chi connectivity index (χ0n) is 8.28. The normalized spacial score (nSPS) is 22.6. The van der Waals surface area contributed by atoms with Gasteiger partial charge in [-0.25, -0.2) is 0 Å². The summed E-state index contributed by atoms with van der Waals surface area (Å²) in [6, 6.07) is 8.63. The number of allylic oxidation sites excluding steroid dienone is 5. The Hall–Kier alpha value is -1.08. The van der Waals surface area contributed by atoms with Crippen LogP contribution in [0, 0.1) is 5.92 Å². The molecule has 1 unspecified atom stereocenters. The summed E-state index contributed by atoms with van der Waals surface area (Å²) in [7, 11) is 0. The zero-order chi connectivity index (χ0) is 10.3. The molecule has 1 aromatic carbocycles. The molecule has 0 radical (unpaired) electrons. The number of halogens is 1. The third-order valence-electron chi connectivity index (χ3n) is 3.08. The SMILES string of the molecule is BrC1=C2C=CC=CC2Cc2ccccc21. The van der Waals surface area contributed by atoms with E-state index in [9.17, 15) is 0 Å². The highest BCUT2D eigenvalue weighted by Crippen LogP contribution is 2.40. The summed E-state index contributed by atoms with van der Waals surface area (Å²) in [5, 5.41) is 0. The van der Waals surface area contributed by atoms with E-state index >= 15 is 0 Å². The molecule has 1 heteroatoms. The van der Waals surface area contributed by atoms with E-state index in [-0.39, 0.29) is 0 Å². The van der Waals surface area contributed by atoms with Crippen LogP contribution < -0.4 is 0 Å². The van der Waals surface area contributed by atoms with Gasteiger partial charge in [0.2, 0.25) is 0 Å². The molecule has 0 fully saturated rings. The van der Waals surface area contributed by atoms with Crippen molar-refractivity contribution in [2.45, 2.75) is 6.42 Å². The van der Waals surface area contributed by atoms with Gasteiger partial charge in [-0.1, -0.05) is 48.6 Å². The zero-order valence-corrected chi connectivity index (χ0v) is 9.87. The van der Waals surface area contributed by atoms with Crippen molar-refractivity contribution in [3.63, 3.8) is 0 Å². The maximum Gasteiger partial charge on any atom is 0.0288 e. The molecule has 0 nitrogen and oxygen atoms in total. The summed E-state index contributed by atoms with van der Waals surface area (Å²) in [6.07, 6.45) is 9.88. The Labute approximate surface area is 98.1 Å². The third kappa shape index (κ3) is 1.42. The van der Waals surface area contributed by atoms with Crippen molar-refractivity contribution in [3.8, 4) is 0 Å². The molecule has 0 spiro atoms. The highest BCUT2D eigenvalue weighted by atomic mass is 79.9. The van der Waals surface area contributed by atoms with Crippen molar-refractivity contribution in [1.29, 1.82) is 0 Å². The topological polar surface area (TPSA) is 0 Å². The van der Waals surface area contributed by atoms with E-state index in [1.165, 1.54) is 21.2 Å². The van der Waals surface area contributed by atoms with Crippen molar-refractivity contribution >= 4 is 20.4 Å². The van der Waals surface area contributed by atoms with Crippen molar-refractivity contribution in [2.75, 3.05) is 0 Å². The Balaban J connectivity index is 2.21. The van der Waals surface area contributed by atoms with Gasteiger partial charge >= 0.3 is 0 Å². The van der Waals surface area contributed by atoms with Gasteiger partial charge in [-0.2, -0.15) is 0 Å². The van der Waals surface area contributed by atoms with E-state index in [1.807, 2.05) is 0 Å². The first-order valence-electron chi connectivity index (χ1n) is 5.19. The molecule has 1 atom stereocenters. The van der Waals surface area contributed by atoms with E-state index in [4.69, 9.17) is 0 Å². The van der Waals surface area contributed by atoms with Crippen LogP contribution in [0.5, 0.6) is 0 Å². The fourth-order valence-electron chi connectivity index (χ4n) is 2.30. The lowest BCUT2D eigenvalue weighted by Gasteiger charge is -2.26. The minimum absolute atomic E-state index is 0.555. The second kappa shape index (κ2) is 3.49. The summed E-state index contributed by atoms with van der Waals surface area (Å²) in [6.45, 7) is 0. The maximum absolute atomic E-state index is 3.72. The minimum atomic E-state index is 0.555. The van der Waals surface area contributed by atoms with Crippen molar-refractivity contribution in [2.24, 2.45) is 5.92 Å². The van der Waals surface area contributed by atoms with E-state index < -0.39 is 0 Å². The molecule has 0 heterocycles. The van der Waals surface area contributed by atoms with Crippen LogP contribution in [-0.4, -0.2) is 0 Å². The Morgan fingerprint density at radius 3 is 2.93 bits per heavy atom. The van der Waals surface area contributed by atoms with Crippen LogP contribution in [0.15, 0.2) is 54.1 Å². The number of benzene rings is 1. The molecule has 0 aliphatic heterocycles. The fraction of sp³-hybridized carbons (Fsp3) is 0.143. The summed E-state index contributed by atoms with van der Waals surface area (Å²) in [5.41, 5.74) is 4.21. The average molecular weight is 259 g/mol. The first-order chi connectivity index (χ1) is 7.36. The molecule has 74 valence electrons. The molecule has 1 aromatic rings. The van der Waals surface area contributed by atoms with Gasteiger partial charge in [0.1, 0.15) is 0 Å². The van der Waals surface area contributed by atoms with Gasteiger partial charge in [-0.05, 0) is 39.1 Å². The largest absolute Gasteiger partial charge is 0.0766 e. The minimum Gasteiger partial charge on any atom is -0.0766 e. The van der Waals surface area contributed by atoms with Gasteiger partial charge in [0.25, 0.3) is 0 Å². The molecule has 0 amide bonds. The molecule has 0 saturated heterocycles.